The van der Waals surface area contributed by atoms with Gasteiger partial charge in [-0.25, -0.2) is 4.98 Å². The molecule has 0 radical (unpaired) electrons. The molecule has 7 heteroatoms. The number of H-pyrrole nitrogens is 1. The van der Waals surface area contributed by atoms with Gasteiger partial charge in [0.1, 0.15) is 4.83 Å². The summed E-state index contributed by atoms with van der Waals surface area (Å²) in [6.07, 6.45) is 6.06. The van der Waals surface area contributed by atoms with Crippen molar-refractivity contribution < 1.29 is 9.47 Å². The molecule has 5 nitrogen and oxygen atoms in total. The quantitative estimate of drug-likeness (QED) is 0.568. The number of halogens is 1. The van der Waals surface area contributed by atoms with Crippen LogP contribution >= 0.6 is 22.9 Å². The van der Waals surface area contributed by atoms with Crippen molar-refractivity contribution in [2.45, 2.75) is 39.5 Å². The first kappa shape index (κ1) is 20.0. The zero-order valence-corrected chi connectivity index (χ0v) is 18.1. The van der Waals surface area contributed by atoms with E-state index in [2.05, 4.69) is 9.97 Å². The fourth-order valence-electron chi connectivity index (χ4n) is 3.65. The fraction of sp³-hybridized carbons (Fsp3) is 0.364. The molecule has 1 N–H and O–H groups in total. The third-order valence-electron chi connectivity index (χ3n) is 4.91. The van der Waals surface area contributed by atoms with Crippen LogP contribution in [0.1, 0.15) is 48.5 Å². The van der Waals surface area contributed by atoms with Crippen molar-refractivity contribution in [2.24, 2.45) is 0 Å². The van der Waals surface area contributed by atoms with Crippen molar-refractivity contribution in [3.8, 4) is 11.5 Å². The van der Waals surface area contributed by atoms with Gasteiger partial charge in [-0.05, 0) is 68.9 Å². The topological polar surface area (TPSA) is 64.2 Å². The summed E-state index contributed by atoms with van der Waals surface area (Å²) in [7, 11) is 0. The van der Waals surface area contributed by atoms with Crippen LogP contribution in [0, 0.1) is 0 Å². The molecule has 1 aliphatic carbocycles. The molecule has 0 amide bonds. The van der Waals surface area contributed by atoms with Gasteiger partial charge in [0.15, 0.2) is 17.3 Å². The van der Waals surface area contributed by atoms with Crippen molar-refractivity contribution >= 4 is 44.3 Å². The molecule has 2 heterocycles. The number of aromatic amines is 1. The van der Waals surface area contributed by atoms with E-state index in [-0.39, 0.29) is 5.56 Å². The van der Waals surface area contributed by atoms with Gasteiger partial charge in [0.05, 0.1) is 23.6 Å². The minimum atomic E-state index is -0.113. The normalized spacial score (nSPS) is 14.1. The first-order valence-electron chi connectivity index (χ1n) is 9.92. The van der Waals surface area contributed by atoms with E-state index in [1.54, 1.807) is 17.4 Å². The number of benzene rings is 1. The molecule has 3 aromatic rings. The number of hydrogen-bond acceptors (Lipinski definition) is 5. The van der Waals surface area contributed by atoms with Crippen LogP contribution < -0.4 is 15.0 Å². The first-order valence-corrected chi connectivity index (χ1v) is 11.1. The summed E-state index contributed by atoms with van der Waals surface area (Å²) in [6, 6.07) is 5.63. The van der Waals surface area contributed by atoms with E-state index >= 15 is 0 Å². The fourth-order valence-corrected chi connectivity index (χ4v) is 5.13. The summed E-state index contributed by atoms with van der Waals surface area (Å²) < 4.78 is 11.3. The number of rotatable bonds is 6. The Hall–Kier alpha value is -2.31. The van der Waals surface area contributed by atoms with E-state index in [1.165, 1.54) is 16.9 Å². The van der Waals surface area contributed by atoms with E-state index in [1.807, 2.05) is 32.0 Å². The van der Waals surface area contributed by atoms with Crippen LogP contribution in [-0.2, 0) is 12.8 Å². The van der Waals surface area contributed by atoms with E-state index in [9.17, 15) is 4.79 Å². The van der Waals surface area contributed by atoms with Crippen LogP contribution in [0.5, 0.6) is 11.5 Å². The molecule has 0 spiro atoms. The Morgan fingerprint density at radius 1 is 1.21 bits per heavy atom. The Labute approximate surface area is 178 Å². The molecule has 2 aromatic heterocycles. The molecule has 29 heavy (non-hydrogen) atoms. The second-order valence-corrected chi connectivity index (χ2v) is 8.36. The molecule has 0 aliphatic heterocycles. The number of ether oxygens (including phenoxy) is 2. The van der Waals surface area contributed by atoms with Crippen LogP contribution in [0.3, 0.4) is 0 Å². The van der Waals surface area contributed by atoms with Crippen molar-refractivity contribution in [1.29, 1.82) is 0 Å². The van der Waals surface area contributed by atoms with Crippen LogP contribution in [0.25, 0.3) is 21.3 Å². The van der Waals surface area contributed by atoms with Crippen LogP contribution in [0.4, 0.5) is 0 Å². The van der Waals surface area contributed by atoms with Gasteiger partial charge in [0.2, 0.25) is 0 Å². The number of thiophene rings is 1. The summed E-state index contributed by atoms with van der Waals surface area (Å²) >= 11 is 8.15. The predicted octanol–water partition coefficient (Wildman–Crippen LogP) is 5.40. The van der Waals surface area contributed by atoms with Crippen molar-refractivity contribution in [2.75, 3.05) is 13.2 Å². The molecule has 0 unspecified atom stereocenters. The SMILES string of the molecule is CCOc1ccc(C=C(Cl)c2nc3sc4c(c3c(=O)[nH]2)CCCC4)cc1OCC. The average molecular weight is 431 g/mol. The Balaban J connectivity index is 1.71. The number of aryl methyl sites for hydroxylation is 2. The Kier molecular flexibility index (Phi) is 5.92. The number of hydrogen-bond donors (Lipinski definition) is 1. The van der Waals surface area contributed by atoms with Gasteiger partial charge in [-0.2, -0.15) is 0 Å². The number of fused-ring (bicyclic) bond motifs is 3. The van der Waals surface area contributed by atoms with E-state index in [0.717, 1.165) is 35.0 Å². The lowest BCUT2D eigenvalue weighted by molar-refractivity contribution is 0.287. The van der Waals surface area contributed by atoms with Gasteiger partial charge >= 0.3 is 0 Å². The number of nitrogens with one attached hydrogen (secondary N) is 1. The number of nitrogens with zero attached hydrogens (tertiary/aromatic N) is 1. The smallest absolute Gasteiger partial charge is 0.260 e. The zero-order valence-electron chi connectivity index (χ0n) is 16.5. The maximum absolute atomic E-state index is 12.7. The highest BCUT2D eigenvalue weighted by Gasteiger charge is 2.20. The van der Waals surface area contributed by atoms with Crippen molar-refractivity contribution in [1.82, 2.24) is 9.97 Å². The molecule has 0 bridgehead atoms. The highest BCUT2D eigenvalue weighted by molar-refractivity contribution is 7.18. The molecule has 4 rings (SSSR count). The monoisotopic (exact) mass is 430 g/mol. The predicted molar refractivity (Wildman–Crippen MR) is 119 cm³/mol. The van der Waals surface area contributed by atoms with E-state index in [4.69, 9.17) is 21.1 Å². The minimum Gasteiger partial charge on any atom is -0.490 e. The lowest BCUT2D eigenvalue weighted by atomic mass is 9.97. The van der Waals surface area contributed by atoms with Gasteiger partial charge in [-0.3, -0.25) is 4.79 Å². The minimum absolute atomic E-state index is 0.113. The molecular formula is C22H23ClN2O3S. The zero-order chi connectivity index (χ0) is 20.4. The van der Waals surface area contributed by atoms with Crippen LogP contribution in [-0.4, -0.2) is 23.2 Å². The lowest BCUT2D eigenvalue weighted by Gasteiger charge is -2.11. The summed E-state index contributed by atoms with van der Waals surface area (Å²) in [5, 5.41) is 1.11. The average Bonchev–Trinajstić information content (AvgIpc) is 3.09. The molecule has 0 saturated heterocycles. The molecule has 1 aliphatic rings. The van der Waals surface area contributed by atoms with E-state index in [0.29, 0.717) is 35.6 Å². The summed E-state index contributed by atoms with van der Waals surface area (Å²) in [6.45, 7) is 4.96. The number of aromatic nitrogens is 2. The van der Waals surface area contributed by atoms with Crippen molar-refractivity contribution in [3.05, 3.63) is 50.4 Å². The molecular weight excluding hydrogens is 408 g/mol. The highest BCUT2D eigenvalue weighted by atomic mass is 35.5. The first-order chi connectivity index (χ1) is 14.1. The third-order valence-corrected chi connectivity index (χ3v) is 6.39. The second-order valence-electron chi connectivity index (χ2n) is 6.87. The van der Waals surface area contributed by atoms with Crippen LogP contribution in [0.15, 0.2) is 23.0 Å². The van der Waals surface area contributed by atoms with Gasteiger partial charge in [-0.15, -0.1) is 11.3 Å². The molecule has 152 valence electrons. The van der Waals surface area contributed by atoms with E-state index < -0.39 is 0 Å². The second kappa shape index (κ2) is 8.59. The molecule has 1 aromatic carbocycles. The van der Waals surface area contributed by atoms with Crippen LogP contribution in [0.2, 0.25) is 0 Å². The Morgan fingerprint density at radius 3 is 2.76 bits per heavy atom. The molecule has 0 saturated carbocycles. The molecule has 0 fully saturated rings. The lowest BCUT2D eigenvalue weighted by Crippen LogP contribution is -2.12. The van der Waals surface area contributed by atoms with Gasteiger partial charge in [0.25, 0.3) is 5.56 Å². The third kappa shape index (κ3) is 4.05. The summed E-state index contributed by atoms with van der Waals surface area (Å²) in [4.78, 5) is 22.3. The maximum Gasteiger partial charge on any atom is 0.260 e. The van der Waals surface area contributed by atoms with Crippen molar-refractivity contribution in [3.63, 3.8) is 0 Å². The Bertz CT molecular complexity index is 1130. The summed E-state index contributed by atoms with van der Waals surface area (Å²) in [5.74, 6) is 1.74. The van der Waals surface area contributed by atoms with Gasteiger partial charge in [-0.1, -0.05) is 17.7 Å². The van der Waals surface area contributed by atoms with Gasteiger partial charge < -0.3 is 14.5 Å². The highest BCUT2D eigenvalue weighted by Crippen LogP contribution is 2.35. The summed E-state index contributed by atoms with van der Waals surface area (Å²) in [5.41, 5.74) is 1.90. The standard InChI is InChI=1S/C22H23ClN2O3S/c1-3-27-16-10-9-13(12-17(16)28-4-2)11-15(23)20-24-21(26)19-14-7-5-6-8-18(14)29-22(19)25-20/h9-12H,3-8H2,1-2H3,(H,24,25,26). The largest absolute Gasteiger partial charge is 0.490 e. The van der Waals surface area contributed by atoms with Gasteiger partial charge in [0, 0.05) is 4.88 Å². The molecule has 0 atom stereocenters. The Morgan fingerprint density at radius 2 is 1.97 bits per heavy atom. The maximum atomic E-state index is 12.7.